The Hall–Kier alpha value is -6.00. The molecule has 0 aliphatic heterocycles. The lowest BCUT2D eigenvalue weighted by molar-refractivity contribution is 0.305. The first-order valence-corrected chi connectivity index (χ1v) is 22.2. The van der Waals surface area contributed by atoms with Crippen LogP contribution in [0.1, 0.15) is 97.9 Å². The summed E-state index contributed by atoms with van der Waals surface area (Å²) < 4.78 is 27.7. The van der Waals surface area contributed by atoms with Gasteiger partial charge in [0, 0.05) is 36.8 Å². The molecule has 0 aromatic heterocycles. The van der Waals surface area contributed by atoms with E-state index in [0.717, 1.165) is 59.8 Å². The van der Waals surface area contributed by atoms with E-state index < -0.39 is 0 Å². The largest absolute Gasteiger partial charge is 0.493 e. The molecule has 304 valence electrons. The summed E-state index contributed by atoms with van der Waals surface area (Å²) in [5.41, 5.74) is 9.41. The first-order valence-electron chi connectivity index (χ1n) is 22.2. The summed E-state index contributed by atoms with van der Waals surface area (Å²) in [5.74, 6) is 3.89. The molecule has 0 saturated heterocycles. The van der Waals surface area contributed by atoms with Gasteiger partial charge in [0.1, 0.15) is 23.0 Å². The van der Waals surface area contributed by atoms with Crippen LogP contribution in [0.2, 0.25) is 0 Å². The van der Waals surface area contributed by atoms with Crippen molar-refractivity contribution < 1.29 is 18.9 Å². The fraction of sp³-hybridized carbons (Fsp3) is 0.286. The van der Waals surface area contributed by atoms with E-state index in [4.69, 9.17) is 18.9 Å². The molecule has 8 aromatic carbocycles. The van der Waals surface area contributed by atoms with E-state index in [1.165, 1.54) is 76.5 Å². The van der Waals surface area contributed by atoms with Crippen molar-refractivity contribution in [2.45, 2.75) is 79.1 Å². The highest BCUT2D eigenvalue weighted by Crippen LogP contribution is 2.46. The van der Waals surface area contributed by atoms with Crippen molar-refractivity contribution in [3.05, 3.63) is 166 Å². The fourth-order valence-electron chi connectivity index (χ4n) is 9.38. The van der Waals surface area contributed by atoms with E-state index in [1.807, 2.05) is 0 Å². The second kappa shape index (κ2) is 17.7. The number of fused-ring (bicyclic) bond motifs is 16. The molecule has 60 heavy (non-hydrogen) atoms. The van der Waals surface area contributed by atoms with E-state index in [2.05, 4.69) is 149 Å². The van der Waals surface area contributed by atoms with E-state index >= 15 is 0 Å². The van der Waals surface area contributed by atoms with Gasteiger partial charge in [0.05, 0.1) is 26.4 Å². The molecular formula is C56H56O4. The summed E-state index contributed by atoms with van der Waals surface area (Å²) in [6.07, 6.45) is 6.33. The van der Waals surface area contributed by atoms with Crippen LogP contribution in [0.25, 0.3) is 43.1 Å². The standard InChI is InChI=1S/C56H56O4/c1-5-27-57-53-41-17-13-19-43(53)34-45-31-39-25-23-37-15-9-11-21-47(37)51(39)49(55(45)59-29-7-3)36-50-52-40(26-24-38-16-10-12-22-48(38)52)32-46(56(50)60-30-8-4)35-44-20-14-18-42(33-41)54(44)58-28-6-2/h9-26,31-32H,5-8,27-30,33-36H2,1-4H3. The van der Waals surface area contributed by atoms with Crippen molar-refractivity contribution in [1.29, 1.82) is 0 Å². The van der Waals surface area contributed by atoms with Crippen molar-refractivity contribution in [1.82, 2.24) is 0 Å². The molecule has 0 unspecified atom stereocenters. The summed E-state index contributed by atoms with van der Waals surface area (Å²) in [5, 5.41) is 9.81. The summed E-state index contributed by atoms with van der Waals surface area (Å²) >= 11 is 0. The van der Waals surface area contributed by atoms with Crippen molar-refractivity contribution >= 4 is 43.1 Å². The highest BCUT2D eigenvalue weighted by atomic mass is 16.5. The van der Waals surface area contributed by atoms with Gasteiger partial charge < -0.3 is 18.9 Å². The second-order valence-electron chi connectivity index (χ2n) is 16.4. The van der Waals surface area contributed by atoms with Crippen LogP contribution in [0.3, 0.4) is 0 Å². The number of hydrogen-bond donors (Lipinski definition) is 0. The van der Waals surface area contributed by atoms with Crippen molar-refractivity contribution in [2.75, 3.05) is 26.4 Å². The minimum atomic E-state index is 0.619. The van der Waals surface area contributed by atoms with Crippen LogP contribution in [0, 0.1) is 0 Å². The van der Waals surface area contributed by atoms with Crippen LogP contribution >= 0.6 is 0 Å². The normalized spacial score (nSPS) is 12.6. The quantitative estimate of drug-likeness (QED) is 0.115. The average molecular weight is 793 g/mol. The van der Waals surface area contributed by atoms with Gasteiger partial charge in [0.2, 0.25) is 0 Å². The zero-order chi connectivity index (χ0) is 41.0. The predicted octanol–water partition coefficient (Wildman–Crippen LogP) is 14.1. The Morgan fingerprint density at radius 2 is 0.683 bits per heavy atom. The van der Waals surface area contributed by atoms with E-state index in [-0.39, 0.29) is 0 Å². The van der Waals surface area contributed by atoms with Crippen molar-refractivity contribution in [3.63, 3.8) is 0 Å². The lowest BCUT2D eigenvalue weighted by Crippen LogP contribution is -2.11. The molecule has 1 aliphatic rings. The maximum Gasteiger partial charge on any atom is 0.127 e. The van der Waals surface area contributed by atoms with Gasteiger partial charge in [-0.05, 0) is 114 Å². The third kappa shape index (κ3) is 7.53. The molecule has 0 fully saturated rings. The van der Waals surface area contributed by atoms with Crippen LogP contribution < -0.4 is 18.9 Å². The number of ether oxygens (including phenoxy) is 4. The third-order valence-corrected chi connectivity index (χ3v) is 12.0. The Labute approximate surface area is 355 Å². The first-order chi connectivity index (χ1) is 29.6. The summed E-state index contributed by atoms with van der Waals surface area (Å²) in [6.45, 7) is 11.3. The van der Waals surface area contributed by atoms with Crippen LogP contribution in [0.4, 0.5) is 0 Å². The maximum absolute atomic E-state index is 7.09. The van der Waals surface area contributed by atoms with Gasteiger partial charge in [-0.1, -0.05) is 137 Å². The van der Waals surface area contributed by atoms with Crippen LogP contribution in [0.15, 0.2) is 121 Å². The van der Waals surface area contributed by atoms with Gasteiger partial charge in [-0.25, -0.2) is 0 Å². The Morgan fingerprint density at radius 3 is 1.08 bits per heavy atom. The highest BCUT2D eigenvalue weighted by molar-refractivity contribution is 6.13. The molecule has 4 heteroatoms. The molecule has 8 aromatic rings. The molecule has 0 radical (unpaired) electrons. The zero-order valence-corrected chi connectivity index (χ0v) is 35.7. The van der Waals surface area contributed by atoms with Gasteiger partial charge in [0.25, 0.3) is 0 Å². The van der Waals surface area contributed by atoms with Gasteiger partial charge in [-0.15, -0.1) is 0 Å². The number of rotatable bonds is 12. The van der Waals surface area contributed by atoms with E-state index in [9.17, 15) is 0 Å². The molecular weight excluding hydrogens is 737 g/mol. The molecule has 0 heterocycles. The summed E-state index contributed by atoms with van der Waals surface area (Å²) in [7, 11) is 0. The lowest BCUT2D eigenvalue weighted by atomic mass is 9.85. The Balaban J connectivity index is 1.43. The summed E-state index contributed by atoms with van der Waals surface area (Å²) in [4.78, 5) is 0. The summed E-state index contributed by atoms with van der Waals surface area (Å²) in [6, 6.07) is 44.9. The Bertz CT molecular complexity index is 2640. The van der Waals surface area contributed by atoms with Crippen LogP contribution in [-0.4, -0.2) is 26.4 Å². The van der Waals surface area contributed by atoms with Gasteiger partial charge in [-0.2, -0.15) is 0 Å². The number of para-hydroxylation sites is 2. The smallest absolute Gasteiger partial charge is 0.127 e. The Kier molecular flexibility index (Phi) is 11.6. The van der Waals surface area contributed by atoms with Crippen LogP contribution in [0.5, 0.6) is 23.0 Å². The SMILES string of the molecule is CCCOc1c2cccc1Cc1cc3ccc4ccccc4c3c(c1OCCC)Cc1c(OCCC)c(cc3ccc4ccccc4c13)Cc1cccc(c1OCCC)C2. The third-order valence-electron chi connectivity index (χ3n) is 12.0. The molecule has 0 amide bonds. The average Bonchev–Trinajstić information content (AvgIpc) is 3.27. The van der Waals surface area contributed by atoms with E-state index in [1.54, 1.807) is 0 Å². The Morgan fingerprint density at radius 1 is 0.333 bits per heavy atom. The van der Waals surface area contributed by atoms with Crippen molar-refractivity contribution in [3.8, 4) is 23.0 Å². The van der Waals surface area contributed by atoms with Gasteiger partial charge >= 0.3 is 0 Å². The molecule has 9 rings (SSSR count). The predicted molar refractivity (Wildman–Crippen MR) is 250 cm³/mol. The first kappa shape index (κ1) is 39.5. The maximum atomic E-state index is 7.09. The van der Waals surface area contributed by atoms with Crippen molar-refractivity contribution in [2.24, 2.45) is 0 Å². The molecule has 4 nitrogen and oxygen atoms in total. The van der Waals surface area contributed by atoms with Gasteiger partial charge in [-0.3, -0.25) is 0 Å². The lowest BCUT2D eigenvalue weighted by Gasteiger charge is -2.25. The molecule has 0 spiro atoms. The zero-order valence-electron chi connectivity index (χ0n) is 35.7. The molecule has 1 aliphatic carbocycles. The van der Waals surface area contributed by atoms with E-state index in [0.29, 0.717) is 52.1 Å². The minimum Gasteiger partial charge on any atom is -0.493 e. The fourth-order valence-corrected chi connectivity index (χ4v) is 9.38. The van der Waals surface area contributed by atoms with Crippen LogP contribution in [-0.2, 0) is 25.7 Å². The molecule has 0 saturated carbocycles. The molecule has 0 atom stereocenters. The number of hydrogen-bond acceptors (Lipinski definition) is 4. The minimum absolute atomic E-state index is 0.619. The van der Waals surface area contributed by atoms with Gasteiger partial charge in [0.15, 0.2) is 0 Å². The topological polar surface area (TPSA) is 36.9 Å². The monoisotopic (exact) mass is 792 g/mol. The molecule has 0 N–H and O–H groups in total. The number of benzene rings is 8. The highest BCUT2D eigenvalue weighted by Gasteiger charge is 2.26. The second-order valence-corrected chi connectivity index (χ2v) is 16.4. The molecule has 8 bridgehead atoms.